The van der Waals surface area contributed by atoms with E-state index >= 15 is 0 Å². The highest BCUT2D eigenvalue weighted by Gasteiger charge is 2.17. The van der Waals surface area contributed by atoms with Crippen LogP contribution in [0.3, 0.4) is 0 Å². The minimum Gasteiger partial charge on any atom is -0.481 e. The Labute approximate surface area is 151 Å². The summed E-state index contributed by atoms with van der Waals surface area (Å²) in [6.45, 7) is 5.83. The normalized spacial score (nSPS) is 12.2. The molecule has 134 valence electrons. The van der Waals surface area contributed by atoms with Crippen molar-refractivity contribution >= 4 is 22.6 Å². The molecule has 3 aromatic rings. The van der Waals surface area contributed by atoms with Gasteiger partial charge < -0.3 is 14.5 Å². The Morgan fingerprint density at radius 3 is 2.54 bits per heavy atom. The lowest BCUT2D eigenvalue weighted by atomic mass is 10.0. The molecular formula is C21H21NO4. The van der Waals surface area contributed by atoms with Crippen LogP contribution in [-0.2, 0) is 4.79 Å². The third-order valence-electron chi connectivity index (χ3n) is 4.12. The van der Waals surface area contributed by atoms with Crippen LogP contribution in [0.15, 0.2) is 63.8 Å². The quantitative estimate of drug-likeness (QED) is 0.695. The molecule has 1 heterocycles. The van der Waals surface area contributed by atoms with Crippen molar-refractivity contribution in [1.82, 2.24) is 0 Å². The van der Waals surface area contributed by atoms with Gasteiger partial charge in [-0.05, 0) is 42.7 Å². The molecule has 1 amide bonds. The van der Waals surface area contributed by atoms with Gasteiger partial charge in [0.1, 0.15) is 11.3 Å². The molecular weight excluding hydrogens is 330 g/mol. The number of para-hydroxylation sites is 1. The zero-order valence-corrected chi connectivity index (χ0v) is 15.0. The summed E-state index contributed by atoms with van der Waals surface area (Å²) in [6.07, 6.45) is -0.705. The summed E-state index contributed by atoms with van der Waals surface area (Å²) in [5.41, 5.74) is 1.85. The van der Waals surface area contributed by atoms with Gasteiger partial charge in [-0.15, -0.1) is 0 Å². The molecule has 0 spiro atoms. The molecule has 0 aliphatic rings. The lowest BCUT2D eigenvalue weighted by Crippen LogP contribution is -2.30. The van der Waals surface area contributed by atoms with Crippen molar-refractivity contribution in [2.45, 2.75) is 32.8 Å². The number of ether oxygens (including phenoxy) is 1. The maximum atomic E-state index is 12.5. The molecule has 2 aromatic carbocycles. The van der Waals surface area contributed by atoms with E-state index in [9.17, 15) is 9.59 Å². The fourth-order valence-corrected chi connectivity index (χ4v) is 2.72. The summed E-state index contributed by atoms with van der Waals surface area (Å²) in [6, 6.07) is 15.9. The molecule has 0 unspecified atom stereocenters. The number of benzene rings is 2. The van der Waals surface area contributed by atoms with Gasteiger partial charge in [-0.1, -0.05) is 32.0 Å². The van der Waals surface area contributed by atoms with Gasteiger partial charge in [-0.25, -0.2) is 4.79 Å². The smallest absolute Gasteiger partial charge is 0.336 e. The first-order valence-electron chi connectivity index (χ1n) is 8.54. The summed E-state index contributed by atoms with van der Waals surface area (Å²) < 4.78 is 10.9. The molecule has 0 aliphatic carbocycles. The summed E-state index contributed by atoms with van der Waals surface area (Å²) in [4.78, 5) is 23.8. The van der Waals surface area contributed by atoms with Gasteiger partial charge in [0.05, 0.1) is 0 Å². The average molecular weight is 351 g/mol. The van der Waals surface area contributed by atoms with E-state index in [0.29, 0.717) is 17.3 Å². The third kappa shape index (κ3) is 3.94. The molecule has 0 saturated carbocycles. The number of carbonyl (C=O) groups excluding carboxylic acids is 1. The Morgan fingerprint density at radius 1 is 1.04 bits per heavy atom. The highest BCUT2D eigenvalue weighted by molar-refractivity contribution is 5.95. The molecule has 0 saturated heterocycles. The number of carbonyl (C=O) groups is 1. The van der Waals surface area contributed by atoms with E-state index in [1.54, 1.807) is 31.2 Å². The second kappa shape index (κ2) is 7.44. The van der Waals surface area contributed by atoms with Crippen LogP contribution in [-0.4, -0.2) is 12.0 Å². The SMILES string of the molecule is CC(C)c1ccccc1NC(=O)[C@@H](C)Oc1ccc2ccc(=O)oc2c1. The van der Waals surface area contributed by atoms with Crippen molar-refractivity contribution in [2.75, 3.05) is 5.32 Å². The number of rotatable bonds is 5. The highest BCUT2D eigenvalue weighted by atomic mass is 16.5. The zero-order valence-electron chi connectivity index (χ0n) is 15.0. The monoisotopic (exact) mass is 351 g/mol. The summed E-state index contributed by atoms with van der Waals surface area (Å²) in [5.74, 6) is 0.519. The van der Waals surface area contributed by atoms with Crippen molar-refractivity contribution in [3.05, 3.63) is 70.6 Å². The number of hydrogen-bond donors (Lipinski definition) is 1. The van der Waals surface area contributed by atoms with E-state index in [1.807, 2.05) is 24.3 Å². The number of fused-ring (bicyclic) bond motifs is 1. The van der Waals surface area contributed by atoms with Gasteiger partial charge in [0.25, 0.3) is 5.91 Å². The molecule has 5 nitrogen and oxygen atoms in total. The molecule has 0 radical (unpaired) electrons. The minimum absolute atomic E-state index is 0.243. The third-order valence-corrected chi connectivity index (χ3v) is 4.12. The lowest BCUT2D eigenvalue weighted by molar-refractivity contribution is -0.122. The number of nitrogens with one attached hydrogen (secondary N) is 1. The summed E-state index contributed by atoms with van der Waals surface area (Å²) in [7, 11) is 0. The van der Waals surface area contributed by atoms with Crippen molar-refractivity contribution in [3.8, 4) is 5.75 Å². The molecule has 3 rings (SSSR count). The van der Waals surface area contributed by atoms with Crippen LogP contribution in [0.1, 0.15) is 32.3 Å². The molecule has 1 aromatic heterocycles. The van der Waals surface area contributed by atoms with Crippen molar-refractivity contribution in [3.63, 3.8) is 0 Å². The predicted octanol–water partition coefficient (Wildman–Crippen LogP) is 4.32. The second-order valence-electron chi connectivity index (χ2n) is 6.45. The van der Waals surface area contributed by atoms with Crippen LogP contribution in [0.2, 0.25) is 0 Å². The van der Waals surface area contributed by atoms with Crippen molar-refractivity contribution in [1.29, 1.82) is 0 Å². The molecule has 26 heavy (non-hydrogen) atoms. The van der Waals surface area contributed by atoms with E-state index in [0.717, 1.165) is 16.6 Å². The molecule has 1 N–H and O–H groups in total. The van der Waals surface area contributed by atoms with E-state index in [-0.39, 0.29) is 5.91 Å². The molecule has 0 aliphatic heterocycles. The van der Waals surface area contributed by atoms with Gasteiger partial charge in [0.2, 0.25) is 0 Å². The topological polar surface area (TPSA) is 68.5 Å². The Hall–Kier alpha value is -3.08. The first kappa shape index (κ1) is 17.7. The maximum absolute atomic E-state index is 12.5. The predicted molar refractivity (Wildman–Crippen MR) is 102 cm³/mol. The van der Waals surface area contributed by atoms with Crippen molar-refractivity contribution < 1.29 is 13.9 Å². The Morgan fingerprint density at radius 2 is 1.77 bits per heavy atom. The Kier molecular flexibility index (Phi) is 5.07. The maximum Gasteiger partial charge on any atom is 0.336 e. The van der Waals surface area contributed by atoms with E-state index in [1.165, 1.54) is 6.07 Å². The zero-order chi connectivity index (χ0) is 18.7. The van der Waals surface area contributed by atoms with E-state index < -0.39 is 11.7 Å². The van der Waals surface area contributed by atoms with Crippen LogP contribution >= 0.6 is 0 Å². The standard InChI is InChI=1S/C21H21NO4/c1-13(2)17-6-4-5-7-18(17)22-21(24)14(3)25-16-10-8-15-9-11-20(23)26-19(15)12-16/h4-14H,1-3H3,(H,22,24)/t14-/m1/s1. The van der Waals surface area contributed by atoms with Crippen LogP contribution in [0.25, 0.3) is 11.0 Å². The van der Waals surface area contributed by atoms with E-state index in [4.69, 9.17) is 9.15 Å². The highest BCUT2D eigenvalue weighted by Crippen LogP contribution is 2.24. The van der Waals surface area contributed by atoms with Gasteiger partial charge in [0.15, 0.2) is 6.10 Å². The fraction of sp³-hybridized carbons (Fsp3) is 0.238. The van der Waals surface area contributed by atoms with Crippen LogP contribution in [0.5, 0.6) is 5.75 Å². The minimum atomic E-state index is -0.705. The number of anilines is 1. The van der Waals surface area contributed by atoms with Gasteiger partial charge in [0, 0.05) is 23.2 Å². The number of amides is 1. The van der Waals surface area contributed by atoms with Gasteiger partial charge in [-0.2, -0.15) is 0 Å². The second-order valence-corrected chi connectivity index (χ2v) is 6.45. The van der Waals surface area contributed by atoms with Crippen LogP contribution < -0.4 is 15.7 Å². The van der Waals surface area contributed by atoms with Crippen molar-refractivity contribution in [2.24, 2.45) is 0 Å². The molecule has 0 bridgehead atoms. The molecule has 5 heteroatoms. The van der Waals surface area contributed by atoms with Crippen LogP contribution in [0.4, 0.5) is 5.69 Å². The number of hydrogen-bond acceptors (Lipinski definition) is 4. The van der Waals surface area contributed by atoms with Crippen LogP contribution in [0, 0.1) is 0 Å². The summed E-state index contributed by atoms with van der Waals surface area (Å²) >= 11 is 0. The average Bonchev–Trinajstić information content (AvgIpc) is 2.61. The fourth-order valence-electron chi connectivity index (χ4n) is 2.72. The largest absolute Gasteiger partial charge is 0.481 e. The molecule has 1 atom stereocenters. The van der Waals surface area contributed by atoms with Gasteiger partial charge in [-0.3, -0.25) is 4.79 Å². The Balaban J connectivity index is 1.74. The van der Waals surface area contributed by atoms with Gasteiger partial charge >= 0.3 is 5.63 Å². The lowest BCUT2D eigenvalue weighted by Gasteiger charge is -2.18. The first-order chi connectivity index (χ1) is 12.4. The van der Waals surface area contributed by atoms with E-state index in [2.05, 4.69) is 19.2 Å². The molecule has 0 fully saturated rings. The Bertz CT molecular complexity index is 990. The first-order valence-corrected chi connectivity index (χ1v) is 8.54. The summed E-state index contributed by atoms with van der Waals surface area (Å²) in [5, 5.41) is 3.71.